The van der Waals surface area contributed by atoms with Crippen LogP contribution in [0.3, 0.4) is 0 Å². The van der Waals surface area contributed by atoms with E-state index in [2.05, 4.69) is 4.74 Å². The van der Waals surface area contributed by atoms with Crippen LogP contribution in [0.4, 0.5) is 0 Å². The van der Waals surface area contributed by atoms with E-state index in [1.54, 1.807) is 0 Å². The SMILES string of the molecule is COC(=O)c1c(C(=O)OC)c2n(c(=O)c1O)CCCCC2. The fourth-order valence-electron chi connectivity index (χ4n) is 2.61. The summed E-state index contributed by atoms with van der Waals surface area (Å²) in [7, 11) is 2.30. The second-order valence-electron chi connectivity index (χ2n) is 4.80. The average Bonchev–Trinajstić information content (AvgIpc) is 2.74. The standard InChI is InChI=1S/C14H17NO6/c1-20-13(18)9-8-6-4-3-5-7-15(8)12(17)11(16)10(9)14(19)21-2/h16H,3-7H2,1-2H3. The summed E-state index contributed by atoms with van der Waals surface area (Å²) in [6.45, 7) is 0.396. The van der Waals surface area contributed by atoms with Gasteiger partial charge in [-0.3, -0.25) is 4.79 Å². The Bertz CT molecular complexity index is 646. The lowest BCUT2D eigenvalue weighted by atomic mass is 10.0. The fourth-order valence-corrected chi connectivity index (χ4v) is 2.61. The van der Waals surface area contributed by atoms with E-state index in [4.69, 9.17) is 4.74 Å². The molecule has 0 unspecified atom stereocenters. The van der Waals surface area contributed by atoms with E-state index in [1.165, 1.54) is 11.7 Å². The number of methoxy groups -OCH3 is 2. The average molecular weight is 295 g/mol. The number of rotatable bonds is 2. The van der Waals surface area contributed by atoms with Crippen molar-refractivity contribution in [2.24, 2.45) is 0 Å². The van der Waals surface area contributed by atoms with Crippen LogP contribution in [0.25, 0.3) is 0 Å². The molecule has 2 rings (SSSR count). The van der Waals surface area contributed by atoms with Crippen LogP contribution >= 0.6 is 0 Å². The molecule has 114 valence electrons. The Labute approximate surface area is 121 Å². The van der Waals surface area contributed by atoms with Crippen molar-refractivity contribution in [3.05, 3.63) is 27.2 Å². The van der Waals surface area contributed by atoms with Gasteiger partial charge in [0.1, 0.15) is 5.56 Å². The summed E-state index contributed by atoms with van der Waals surface area (Å²) in [6, 6.07) is 0. The molecule has 0 bridgehead atoms. The molecule has 2 heterocycles. The van der Waals surface area contributed by atoms with Crippen molar-refractivity contribution in [3.8, 4) is 5.75 Å². The number of ether oxygens (including phenoxy) is 2. The molecule has 1 aliphatic heterocycles. The largest absolute Gasteiger partial charge is 0.502 e. The van der Waals surface area contributed by atoms with Crippen LogP contribution in [-0.4, -0.2) is 35.8 Å². The molecule has 7 heteroatoms. The Kier molecular flexibility index (Phi) is 4.30. The summed E-state index contributed by atoms with van der Waals surface area (Å²) in [6.07, 6.45) is 2.92. The summed E-state index contributed by atoms with van der Waals surface area (Å²) < 4.78 is 10.6. The van der Waals surface area contributed by atoms with Gasteiger partial charge in [-0.1, -0.05) is 6.42 Å². The van der Waals surface area contributed by atoms with E-state index >= 15 is 0 Å². The monoisotopic (exact) mass is 295 g/mol. The lowest BCUT2D eigenvalue weighted by molar-refractivity contribution is 0.0549. The number of pyridine rings is 1. The van der Waals surface area contributed by atoms with Gasteiger partial charge in [-0.2, -0.15) is 0 Å². The molecule has 0 spiro atoms. The highest BCUT2D eigenvalue weighted by Crippen LogP contribution is 2.26. The zero-order chi connectivity index (χ0) is 15.6. The summed E-state index contributed by atoms with van der Waals surface area (Å²) in [5, 5.41) is 10.0. The normalized spacial score (nSPS) is 14.0. The summed E-state index contributed by atoms with van der Waals surface area (Å²) >= 11 is 0. The zero-order valence-electron chi connectivity index (χ0n) is 12.0. The molecule has 0 aliphatic carbocycles. The van der Waals surface area contributed by atoms with Gasteiger partial charge in [0, 0.05) is 12.2 Å². The van der Waals surface area contributed by atoms with Gasteiger partial charge in [0.05, 0.1) is 19.8 Å². The Morgan fingerprint density at radius 1 is 1.05 bits per heavy atom. The molecule has 0 aromatic carbocycles. The Balaban J connectivity index is 2.85. The molecule has 0 radical (unpaired) electrons. The molecule has 1 aromatic rings. The van der Waals surface area contributed by atoms with Crippen LogP contribution in [0, 0.1) is 0 Å². The molecule has 0 atom stereocenters. The number of nitrogens with zero attached hydrogens (tertiary/aromatic N) is 1. The Morgan fingerprint density at radius 3 is 2.29 bits per heavy atom. The lowest BCUT2D eigenvalue weighted by Crippen LogP contribution is -2.29. The maximum absolute atomic E-state index is 12.2. The van der Waals surface area contributed by atoms with Crippen molar-refractivity contribution in [1.82, 2.24) is 4.57 Å². The number of esters is 2. The van der Waals surface area contributed by atoms with E-state index in [9.17, 15) is 19.5 Å². The van der Waals surface area contributed by atoms with E-state index in [-0.39, 0.29) is 5.56 Å². The van der Waals surface area contributed by atoms with Gasteiger partial charge in [0.25, 0.3) is 5.56 Å². The third-order valence-corrected chi connectivity index (χ3v) is 3.62. The highest BCUT2D eigenvalue weighted by Gasteiger charge is 2.31. The molecule has 1 N–H and O–H groups in total. The smallest absolute Gasteiger partial charge is 0.342 e. The molecule has 1 aliphatic rings. The third-order valence-electron chi connectivity index (χ3n) is 3.62. The van der Waals surface area contributed by atoms with Gasteiger partial charge in [-0.05, 0) is 19.3 Å². The molecule has 21 heavy (non-hydrogen) atoms. The quantitative estimate of drug-likeness (QED) is 0.813. The highest BCUT2D eigenvalue weighted by atomic mass is 16.5. The third kappa shape index (κ3) is 2.51. The van der Waals surface area contributed by atoms with E-state index in [0.29, 0.717) is 18.7 Å². The molecule has 7 nitrogen and oxygen atoms in total. The summed E-state index contributed by atoms with van der Waals surface area (Å²) in [5.74, 6) is -2.47. The second-order valence-corrected chi connectivity index (χ2v) is 4.80. The van der Waals surface area contributed by atoms with Gasteiger partial charge in [-0.15, -0.1) is 0 Å². The minimum Gasteiger partial charge on any atom is -0.502 e. The van der Waals surface area contributed by atoms with Crippen LogP contribution in [0.2, 0.25) is 0 Å². The minimum atomic E-state index is -0.933. The van der Waals surface area contributed by atoms with Gasteiger partial charge < -0.3 is 19.1 Å². The first-order valence-electron chi connectivity index (χ1n) is 6.68. The predicted molar refractivity (Wildman–Crippen MR) is 72.6 cm³/mol. The van der Waals surface area contributed by atoms with Crippen molar-refractivity contribution >= 4 is 11.9 Å². The maximum Gasteiger partial charge on any atom is 0.342 e. The van der Waals surface area contributed by atoms with Crippen molar-refractivity contribution in [1.29, 1.82) is 0 Å². The van der Waals surface area contributed by atoms with Crippen LogP contribution in [-0.2, 0) is 22.4 Å². The molecular formula is C14H17NO6. The first kappa shape index (κ1) is 15.1. The number of fused-ring (bicyclic) bond motifs is 1. The van der Waals surface area contributed by atoms with Gasteiger partial charge in [-0.25, -0.2) is 9.59 Å². The Hall–Kier alpha value is -2.31. The molecular weight excluding hydrogens is 278 g/mol. The van der Waals surface area contributed by atoms with Crippen LogP contribution in [0.1, 0.15) is 45.7 Å². The van der Waals surface area contributed by atoms with Crippen molar-refractivity contribution in [2.45, 2.75) is 32.2 Å². The van der Waals surface area contributed by atoms with E-state index in [1.807, 2.05) is 0 Å². The number of aromatic hydroxyl groups is 1. The fraction of sp³-hybridized carbons (Fsp3) is 0.500. The van der Waals surface area contributed by atoms with Crippen LogP contribution in [0.5, 0.6) is 5.75 Å². The van der Waals surface area contributed by atoms with Crippen LogP contribution < -0.4 is 5.56 Å². The van der Waals surface area contributed by atoms with Gasteiger partial charge in [0.15, 0.2) is 5.75 Å². The van der Waals surface area contributed by atoms with Crippen molar-refractivity contribution in [3.63, 3.8) is 0 Å². The first-order chi connectivity index (χ1) is 10.0. The molecule has 0 amide bonds. The van der Waals surface area contributed by atoms with Crippen molar-refractivity contribution in [2.75, 3.05) is 14.2 Å². The predicted octanol–water partition coefficient (Wildman–Crippen LogP) is 0.853. The highest BCUT2D eigenvalue weighted by molar-refractivity contribution is 6.05. The number of hydrogen-bond acceptors (Lipinski definition) is 6. The molecule has 1 aromatic heterocycles. The van der Waals surface area contributed by atoms with E-state index < -0.39 is 28.8 Å². The molecule has 0 saturated carbocycles. The number of carbonyl (C=O) groups excluding carboxylic acids is 2. The first-order valence-corrected chi connectivity index (χ1v) is 6.68. The number of aromatic nitrogens is 1. The lowest BCUT2D eigenvalue weighted by Gasteiger charge is -2.17. The molecule has 0 saturated heterocycles. The van der Waals surface area contributed by atoms with Gasteiger partial charge in [0.2, 0.25) is 0 Å². The minimum absolute atomic E-state index is 0.0802. The van der Waals surface area contributed by atoms with E-state index in [0.717, 1.165) is 26.4 Å². The number of carbonyl (C=O) groups is 2. The summed E-state index contributed by atoms with van der Waals surface area (Å²) in [4.78, 5) is 36.1. The maximum atomic E-state index is 12.2. The van der Waals surface area contributed by atoms with Crippen molar-refractivity contribution < 1.29 is 24.2 Å². The zero-order valence-corrected chi connectivity index (χ0v) is 12.0. The number of hydrogen-bond donors (Lipinski definition) is 1. The second kappa shape index (κ2) is 5.99. The topological polar surface area (TPSA) is 94.8 Å². The van der Waals surface area contributed by atoms with Crippen LogP contribution in [0.15, 0.2) is 4.79 Å². The van der Waals surface area contributed by atoms with Gasteiger partial charge >= 0.3 is 11.9 Å². The molecule has 0 fully saturated rings. The summed E-state index contributed by atoms with van der Waals surface area (Å²) in [5.41, 5.74) is -0.756. The Morgan fingerprint density at radius 2 is 1.67 bits per heavy atom.